The molecule has 22 heavy (non-hydrogen) atoms. The van der Waals surface area contributed by atoms with E-state index in [1.165, 1.54) is 11.8 Å². The number of hydrogen-bond donors (Lipinski definition) is 2. The van der Waals surface area contributed by atoms with Gasteiger partial charge >= 0.3 is 12.0 Å². The van der Waals surface area contributed by atoms with Crippen molar-refractivity contribution in [1.82, 2.24) is 10.2 Å². The molecule has 0 bridgehead atoms. The molecule has 0 saturated heterocycles. The van der Waals surface area contributed by atoms with Crippen LogP contribution in [0.3, 0.4) is 0 Å². The molecule has 7 heteroatoms. The quantitative estimate of drug-likeness (QED) is 0.774. The lowest BCUT2D eigenvalue weighted by atomic mass is 10.3. The molecule has 1 aromatic carbocycles. The highest BCUT2D eigenvalue weighted by molar-refractivity contribution is 5.89. The summed E-state index contributed by atoms with van der Waals surface area (Å²) in [7, 11) is 3.17. The van der Waals surface area contributed by atoms with Crippen molar-refractivity contribution in [1.29, 1.82) is 0 Å². The van der Waals surface area contributed by atoms with E-state index in [0.717, 1.165) is 0 Å². The first-order chi connectivity index (χ1) is 10.4. The molecular formula is C15H21N3O4. The van der Waals surface area contributed by atoms with E-state index < -0.39 is 18.1 Å². The molecule has 0 saturated carbocycles. The zero-order valence-corrected chi connectivity index (χ0v) is 13.0. The Labute approximate surface area is 129 Å². The van der Waals surface area contributed by atoms with Gasteiger partial charge in [-0.2, -0.15) is 0 Å². The molecule has 0 unspecified atom stereocenters. The predicted molar refractivity (Wildman–Crippen MR) is 82.3 cm³/mol. The molecule has 0 radical (unpaired) electrons. The average molecular weight is 307 g/mol. The van der Waals surface area contributed by atoms with E-state index in [4.69, 9.17) is 4.74 Å². The minimum absolute atomic E-state index is 0.00669. The van der Waals surface area contributed by atoms with Gasteiger partial charge in [0, 0.05) is 26.3 Å². The minimum Gasteiger partial charge on any atom is -0.452 e. The summed E-state index contributed by atoms with van der Waals surface area (Å²) in [5.74, 6) is -0.828. The van der Waals surface area contributed by atoms with Crippen molar-refractivity contribution in [3.63, 3.8) is 0 Å². The van der Waals surface area contributed by atoms with Crippen LogP contribution in [0, 0.1) is 0 Å². The fourth-order valence-corrected chi connectivity index (χ4v) is 1.64. The van der Waals surface area contributed by atoms with E-state index in [2.05, 4.69) is 10.6 Å². The number of benzene rings is 1. The van der Waals surface area contributed by atoms with Crippen LogP contribution < -0.4 is 10.6 Å². The van der Waals surface area contributed by atoms with Gasteiger partial charge < -0.3 is 20.3 Å². The van der Waals surface area contributed by atoms with Crippen molar-refractivity contribution < 1.29 is 19.1 Å². The van der Waals surface area contributed by atoms with E-state index in [1.54, 1.807) is 38.4 Å². The number of ether oxygens (including phenoxy) is 1. The smallest absolute Gasteiger partial charge is 0.319 e. The molecule has 7 nitrogen and oxygen atoms in total. The van der Waals surface area contributed by atoms with Crippen LogP contribution in [0.2, 0.25) is 0 Å². The number of nitrogens with zero attached hydrogens (tertiary/aromatic N) is 1. The third kappa shape index (κ3) is 6.25. The van der Waals surface area contributed by atoms with E-state index in [0.29, 0.717) is 5.69 Å². The molecule has 1 atom stereocenters. The molecule has 1 rings (SSSR count). The number of amides is 3. The summed E-state index contributed by atoms with van der Waals surface area (Å²) in [6.07, 6.45) is -0.839. The van der Waals surface area contributed by atoms with Crippen LogP contribution >= 0.6 is 0 Å². The van der Waals surface area contributed by atoms with Crippen molar-refractivity contribution in [2.24, 2.45) is 0 Å². The maximum absolute atomic E-state index is 11.6. The highest BCUT2D eigenvalue weighted by atomic mass is 16.5. The number of likely N-dealkylation sites (N-methyl/N-ethyl adjacent to an activating group) is 1. The first kappa shape index (κ1) is 17.5. The third-order valence-electron chi connectivity index (χ3n) is 2.74. The summed E-state index contributed by atoms with van der Waals surface area (Å²) >= 11 is 0. The Balaban J connectivity index is 2.25. The Hall–Kier alpha value is -2.57. The summed E-state index contributed by atoms with van der Waals surface area (Å²) < 4.78 is 4.97. The van der Waals surface area contributed by atoms with Crippen LogP contribution in [-0.4, -0.2) is 49.6 Å². The second-order valence-corrected chi connectivity index (χ2v) is 4.86. The van der Waals surface area contributed by atoms with E-state index in [9.17, 15) is 14.4 Å². The number of urea groups is 1. The summed E-state index contributed by atoms with van der Waals surface area (Å²) in [5.41, 5.74) is 0.660. The molecule has 0 spiro atoms. The number of carbonyl (C=O) groups excluding carboxylic acids is 3. The normalized spacial score (nSPS) is 11.2. The van der Waals surface area contributed by atoms with Crippen LogP contribution in [0.4, 0.5) is 10.5 Å². The standard InChI is InChI=1S/C15H21N3O4/c1-11(14(20)18(2)3)22-13(19)9-10-16-15(21)17-12-7-5-4-6-8-12/h4-8,11H,9-10H2,1-3H3,(H2,16,17,21)/t11-/m1/s1. The topological polar surface area (TPSA) is 87.7 Å². The van der Waals surface area contributed by atoms with Crippen molar-refractivity contribution in [2.45, 2.75) is 19.4 Å². The lowest BCUT2D eigenvalue weighted by Crippen LogP contribution is -2.36. The largest absolute Gasteiger partial charge is 0.452 e. The maximum Gasteiger partial charge on any atom is 0.319 e. The van der Waals surface area contributed by atoms with Gasteiger partial charge in [-0.25, -0.2) is 4.79 Å². The third-order valence-corrected chi connectivity index (χ3v) is 2.74. The summed E-state index contributed by atoms with van der Waals surface area (Å²) in [4.78, 5) is 36.0. The molecule has 2 N–H and O–H groups in total. The summed E-state index contributed by atoms with van der Waals surface area (Å²) in [6, 6.07) is 8.54. The van der Waals surface area contributed by atoms with Crippen molar-refractivity contribution in [3.8, 4) is 0 Å². The minimum atomic E-state index is -0.833. The van der Waals surface area contributed by atoms with Crippen LogP contribution in [0.15, 0.2) is 30.3 Å². The summed E-state index contributed by atoms with van der Waals surface area (Å²) in [6.45, 7) is 1.64. The molecule has 0 aromatic heterocycles. The van der Waals surface area contributed by atoms with Crippen LogP contribution in [0.1, 0.15) is 13.3 Å². The average Bonchev–Trinajstić information content (AvgIpc) is 2.47. The van der Waals surface area contributed by atoms with Crippen LogP contribution in [0.5, 0.6) is 0 Å². The zero-order valence-electron chi connectivity index (χ0n) is 13.0. The Morgan fingerprint density at radius 1 is 1.18 bits per heavy atom. The number of esters is 1. The van der Waals surface area contributed by atoms with E-state index in [1.807, 2.05) is 6.07 Å². The molecule has 0 fully saturated rings. The molecule has 0 aliphatic carbocycles. The Morgan fingerprint density at radius 2 is 1.82 bits per heavy atom. The first-order valence-corrected chi connectivity index (χ1v) is 6.90. The number of para-hydroxylation sites is 1. The van der Waals surface area contributed by atoms with Gasteiger partial charge in [-0.05, 0) is 19.1 Å². The maximum atomic E-state index is 11.6. The Bertz CT molecular complexity index is 517. The molecule has 3 amide bonds. The van der Waals surface area contributed by atoms with Crippen LogP contribution in [-0.2, 0) is 14.3 Å². The Kier molecular flexibility index (Phi) is 6.88. The number of carbonyl (C=O) groups is 3. The zero-order chi connectivity index (χ0) is 16.5. The number of anilines is 1. The molecular weight excluding hydrogens is 286 g/mol. The van der Waals surface area contributed by atoms with Gasteiger partial charge in [-0.3, -0.25) is 9.59 Å². The van der Waals surface area contributed by atoms with Gasteiger partial charge in [0.15, 0.2) is 6.10 Å². The molecule has 120 valence electrons. The van der Waals surface area contributed by atoms with Gasteiger partial charge in [0.05, 0.1) is 6.42 Å². The highest BCUT2D eigenvalue weighted by Crippen LogP contribution is 2.04. The van der Waals surface area contributed by atoms with Gasteiger partial charge in [-0.1, -0.05) is 18.2 Å². The van der Waals surface area contributed by atoms with Gasteiger partial charge in [0.25, 0.3) is 5.91 Å². The van der Waals surface area contributed by atoms with Crippen molar-refractivity contribution in [2.75, 3.05) is 26.0 Å². The highest BCUT2D eigenvalue weighted by Gasteiger charge is 2.19. The monoisotopic (exact) mass is 307 g/mol. The van der Waals surface area contributed by atoms with Gasteiger partial charge in [0.2, 0.25) is 0 Å². The van der Waals surface area contributed by atoms with Crippen molar-refractivity contribution in [3.05, 3.63) is 30.3 Å². The molecule has 1 aromatic rings. The van der Waals surface area contributed by atoms with Gasteiger partial charge in [0.1, 0.15) is 0 Å². The lowest BCUT2D eigenvalue weighted by Gasteiger charge is -2.17. The Morgan fingerprint density at radius 3 is 2.41 bits per heavy atom. The van der Waals surface area contributed by atoms with Crippen molar-refractivity contribution >= 4 is 23.6 Å². The first-order valence-electron chi connectivity index (χ1n) is 6.90. The van der Waals surface area contributed by atoms with E-state index >= 15 is 0 Å². The SMILES string of the molecule is C[C@@H](OC(=O)CCNC(=O)Nc1ccccc1)C(=O)N(C)C. The van der Waals surface area contributed by atoms with Crippen LogP contribution in [0.25, 0.3) is 0 Å². The second-order valence-electron chi connectivity index (χ2n) is 4.86. The number of rotatable bonds is 6. The lowest BCUT2D eigenvalue weighted by molar-refractivity contribution is -0.157. The molecule has 0 aliphatic heterocycles. The molecule has 0 heterocycles. The fraction of sp³-hybridized carbons (Fsp3) is 0.400. The second kappa shape index (κ2) is 8.66. The van der Waals surface area contributed by atoms with Gasteiger partial charge in [-0.15, -0.1) is 0 Å². The number of hydrogen-bond acceptors (Lipinski definition) is 4. The molecule has 0 aliphatic rings. The summed E-state index contributed by atoms with van der Waals surface area (Å²) in [5, 5.41) is 5.17. The predicted octanol–water partition coefficient (Wildman–Crippen LogP) is 1.22. The number of nitrogens with one attached hydrogen (secondary N) is 2. The fourth-order valence-electron chi connectivity index (χ4n) is 1.64. The van der Waals surface area contributed by atoms with E-state index in [-0.39, 0.29) is 18.9 Å².